The minimum atomic E-state index is -1.01. The van der Waals surface area contributed by atoms with Crippen molar-refractivity contribution in [1.82, 2.24) is 10.6 Å². The van der Waals surface area contributed by atoms with Gasteiger partial charge in [-0.1, -0.05) is 31.4 Å². The molecule has 1 fully saturated rings. The zero-order valence-electron chi connectivity index (χ0n) is 19.5. The zero-order valence-corrected chi connectivity index (χ0v) is 20.3. The first kappa shape index (κ1) is 24.7. The maximum Gasteiger partial charge on any atom is 0.287 e. The first-order valence-corrected chi connectivity index (χ1v) is 12.6. The molecule has 0 bridgehead atoms. The van der Waals surface area contributed by atoms with E-state index in [-0.39, 0.29) is 23.4 Å². The Bertz CT molecular complexity index is 1160. The van der Waals surface area contributed by atoms with Gasteiger partial charge in [-0.2, -0.15) is 0 Å². The summed E-state index contributed by atoms with van der Waals surface area (Å²) >= 11 is 1.34. The van der Waals surface area contributed by atoms with Crippen LogP contribution in [0.5, 0.6) is 0 Å². The summed E-state index contributed by atoms with van der Waals surface area (Å²) in [6, 6.07) is 10.1. The van der Waals surface area contributed by atoms with Crippen LogP contribution < -0.4 is 15.5 Å². The second-order valence-electron chi connectivity index (χ2n) is 8.62. The Balaban J connectivity index is 1.65. The van der Waals surface area contributed by atoms with E-state index in [4.69, 9.17) is 4.42 Å². The largest absolute Gasteiger partial charge is 0.459 e. The monoisotopic (exact) mass is 497 g/mol. The third-order valence-electron chi connectivity index (χ3n) is 6.12. The summed E-state index contributed by atoms with van der Waals surface area (Å²) in [6.45, 7) is 1.23. The summed E-state index contributed by atoms with van der Waals surface area (Å²) in [5.41, 5.74) is 0.661. The van der Waals surface area contributed by atoms with Gasteiger partial charge in [0.25, 0.3) is 5.91 Å². The number of nitrogens with one attached hydrogen (secondary N) is 2. The van der Waals surface area contributed by atoms with Gasteiger partial charge in [0.05, 0.1) is 12.8 Å². The fourth-order valence-electron chi connectivity index (χ4n) is 4.25. The molecule has 1 atom stereocenters. The zero-order chi connectivity index (χ0) is 24.8. The lowest BCUT2D eigenvalue weighted by atomic mass is 9.95. The highest BCUT2D eigenvalue weighted by Crippen LogP contribution is 2.32. The van der Waals surface area contributed by atoms with Gasteiger partial charge in [0.15, 0.2) is 5.76 Å². The van der Waals surface area contributed by atoms with Gasteiger partial charge in [-0.3, -0.25) is 19.3 Å². The van der Waals surface area contributed by atoms with E-state index in [1.165, 1.54) is 34.6 Å². The van der Waals surface area contributed by atoms with Gasteiger partial charge in [-0.25, -0.2) is 4.39 Å². The quantitative estimate of drug-likeness (QED) is 0.470. The number of amides is 3. The van der Waals surface area contributed by atoms with Crippen molar-refractivity contribution in [2.75, 3.05) is 11.4 Å². The van der Waals surface area contributed by atoms with Crippen molar-refractivity contribution >= 4 is 34.7 Å². The van der Waals surface area contributed by atoms with Crippen LogP contribution in [-0.4, -0.2) is 30.3 Å². The molecule has 3 aromatic rings. The van der Waals surface area contributed by atoms with Gasteiger partial charge >= 0.3 is 0 Å². The van der Waals surface area contributed by atoms with Crippen LogP contribution in [0.4, 0.5) is 10.1 Å². The van der Waals surface area contributed by atoms with Gasteiger partial charge in [0.1, 0.15) is 11.9 Å². The molecule has 1 aliphatic rings. The predicted octanol–water partition coefficient (Wildman–Crippen LogP) is 4.74. The van der Waals surface area contributed by atoms with Crippen LogP contribution in [0.15, 0.2) is 58.5 Å². The summed E-state index contributed by atoms with van der Waals surface area (Å²) in [7, 11) is 0. The molecule has 3 amide bonds. The second kappa shape index (κ2) is 11.3. The topological polar surface area (TPSA) is 91.7 Å². The van der Waals surface area contributed by atoms with E-state index in [1.54, 1.807) is 37.3 Å². The van der Waals surface area contributed by atoms with E-state index in [2.05, 4.69) is 10.6 Å². The molecular weight excluding hydrogens is 469 g/mol. The molecule has 7 nitrogen and oxygen atoms in total. The van der Waals surface area contributed by atoms with Crippen LogP contribution >= 0.6 is 11.3 Å². The molecule has 2 heterocycles. The minimum Gasteiger partial charge on any atom is -0.459 e. The normalized spacial score (nSPS) is 14.8. The Morgan fingerprint density at radius 2 is 1.94 bits per heavy atom. The number of thiophene rings is 1. The van der Waals surface area contributed by atoms with Crippen molar-refractivity contribution in [3.8, 4) is 0 Å². The molecular formula is C26H28FN3O4S. The summed E-state index contributed by atoms with van der Waals surface area (Å²) in [5, 5.41) is 7.47. The second-order valence-corrected chi connectivity index (χ2v) is 9.60. The van der Waals surface area contributed by atoms with Gasteiger partial charge in [-0.05, 0) is 61.0 Å². The Labute approximate surface area is 207 Å². The molecule has 184 valence electrons. The highest BCUT2D eigenvalue weighted by molar-refractivity contribution is 7.10. The van der Waals surface area contributed by atoms with E-state index < -0.39 is 30.2 Å². The van der Waals surface area contributed by atoms with Crippen LogP contribution in [0.1, 0.15) is 59.1 Å². The number of anilines is 1. The average Bonchev–Trinajstić information content (AvgIpc) is 3.58. The van der Waals surface area contributed by atoms with Crippen molar-refractivity contribution in [3.63, 3.8) is 0 Å². The summed E-state index contributed by atoms with van der Waals surface area (Å²) in [6.07, 6.45) is 6.35. The number of benzene rings is 1. The lowest BCUT2D eigenvalue weighted by Crippen LogP contribution is -2.49. The molecule has 1 saturated carbocycles. The Morgan fingerprint density at radius 3 is 2.60 bits per heavy atom. The Kier molecular flexibility index (Phi) is 7.97. The maximum absolute atomic E-state index is 14.6. The van der Waals surface area contributed by atoms with Crippen LogP contribution in [0.25, 0.3) is 0 Å². The lowest BCUT2D eigenvalue weighted by Gasteiger charge is -2.33. The number of halogens is 1. The number of furan rings is 1. The molecule has 1 aliphatic carbocycles. The Morgan fingerprint density at radius 1 is 1.14 bits per heavy atom. The molecule has 0 radical (unpaired) electrons. The number of rotatable bonds is 8. The van der Waals surface area contributed by atoms with Crippen molar-refractivity contribution in [2.45, 2.75) is 51.1 Å². The molecule has 0 saturated heterocycles. The van der Waals surface area contributed by atoms with Crippen LogP contribution in [-0.2, 0) is 9.59 Å². The average molecular weight is 498 g/mol. The van der Waals surface area contributed by atoms with Crippen LogP contribution in [0.3, 0.4) is 0 Å². The number of aryl methyl sites for hydroxylation is 1. The molecule has 0 aliphatic heterocycles. The molecule has 1 unspecified atom stereocenters. The van der Waals surface area contributed by atoms with Gasteiger partial charge in [0, 0.05) is 16.6 Å². The molecule has 1 aromatic carbocycles. The van der Waals surface area contributed by atoms with Crippen molar-refractivity contribution < 1.29 is 23.2 Å². The molecule has 2 N–H and O–H groups in total. The third kappa shape index (κ3) is 5.97. The highest BCUT2D eigenvalue weighted by Gasteiger charge is 2.35. The van der Waals surface area contributed by atoms with E-state index in [9.17, 15) is 18.8 Å². The first-order valence-electron chi connectivity index (χ1n) is 11.7. The Hall–Kier alpha value is -3.46. The predicted molar refractivity (Wildman–Crippen MR) is 132 cm³/mol. The molecule has 2 aromatic heterocycles. The van der Waals surface area contributed by atoms with Gasteiger partial charge < -0.3 is 15.1 Å². The first-order chi connectivity index (χ1) is 16.9. The van der Waals surface area contributed by atoms with Crippen LogP contribution in [0.2, 0.25) is 0 Å². The maximum atomic E-state index is 14.6. The SMILES string of the molecule is Cc1ccc(N(C(=O)CNC(=O)c2ccco2)C(C(=O)NC2CCCCC2)c2cccs2)cc1F. The van der Waals surface area contributed by atoms with E-state index in [1.807, 2.05) is 5.38 Å². The fraction of sp³-hybridized carbons (Fsp3) is 0.346. The number of carbonyl (C=O) groups excluding carboxylic acids is 3. The van der Waals surface area contributed by atoms with Gasteiger partial charge in [0.2, 0.25) is 11.8 Å². The molecule has 0 spiro atoms. The summed E-state index contributed by atoms with van der Waals surface area (Å²) in [4.78, 5) is 41.4. The number of nitrogens with zero attached hydrogens (tertiary/aromatic N) is 1. The fourth-order valence-corrected chi connectivity index (χ4v) is 5.06. The number of hydrogen-bond donors (Lipinski definition) is 2. The van der Waals surface area contributed by atoms with Crippen molar-refractivity contribution in [1.29, 1.82) is 0 Å². The smallest absolute Gasteiger partial charge is 0.287 e. The number of hydrogen-bond acceptors (Lipinski definition) is 5. The van der Waals surface area contributed by atoms with E-state index in [0.29, 0.717) is 10.4 Å². The van der Waals surface area contributed by atoms with E-state index >= 15 is 0 Å². The highest BCUT2D eigenvalue weighted by atomic mass is 32.1. The standard InChI is InChI=1S/C26H28FN3O4S/c1-17-11-12-19(15-20(17)27)30(23(31)16-28-25(32)21-9-5-13-34-21)24(22-10-6-14-35-22)26(33)29-18-7-3-2-4-8-18/h5-6,9-15,18,24H,2-4,7-8,16H2,1H3,(H,28,32)(H,29,33). The molecule has 35 heavy (non-hydrogen) atoms. The molecule has 4 rings (SSSR count). The summed E-state index contributed by atoms with van der Waals surface area (Å²) < 4.78 is 19.6. The van der Waals surface area contributed by atoms with Gasteiger partial charge in [-0.15, -0.1) is 11.3 Å². The number of carbonyl (C=O) groups is 3. The van der Waals surface area contributed by atoms with E-state index in [0.717, 1.165) is 32.1 Å². The van der Waals surface area contributed by atoms with Crippen molar-refractivity contribution in [2.24, 2.45) is 0 Å². The molecule has 9 heteroatoms. The lowest BCUT2D eigenvalue weighted by molar-refractivity contribution is -0.126. The third-order valence-corrected chi connectivity index (χ3v) is 7.04. The summed E-state index contributed by atoms with van der Waals surface area (Å²) in [5.74, 6) is -1.86. The van der Waals surface area contributed by atoms with Crippen molar-refractivity contribution in [3.05, 3.63) is 76.1 Å². The van der Waals surface area contributed by atoms with Crippen LogP contribution in [0, 0.1) is 12.7 Å². The minimum absolute atomic E-state index is 0.0315.